The number of hydrogen-bond donors (Lipinski definition) is 0. The van der Waals surface area contributed by atoms with Crippen LogP contribution in [0.15, 0.2) is 36.4 Å². The maximum absolute atomic E-state index is 6.74. The van der Waals surface area contributed by atoms with Gasteiger partial charge in [-0.2, -0.15) is 0 Å². The zero-order valence-corrected chi connectivity index (χ0v) is 45.7. The molecule has 0 saturated carbocycles. The second kappa shape index (κ2) is 39.5. The normalized spacial score (nSPS) is 11.5. The Hall–Kier alpha value is -4.14. The molecule has 0 unspecified atom stereocenters. The average Bonchev–Trinajstić information content (AvgIpc) is 3.36. The molecule has 3 aromatic carbocycles. The first-order valence-electron chi connectivity index (χ1n) is 28.1. The van der Waals surface area contributed by atoms with Gasteiger partial charge in [-0.3, -0.25) is 0 Å². The molecule has 8 nitrogen and oxygen atoms in total. The van der Waals surface area contributed by atoms with E-state index in [-0.39, 0.29) is 0 Å². The predicted molar refractivity (Wildman–Crippen MR) is 296 cm³/mol. The maximum Gasteiger partial charge on any atom is 0.127 e. The van der Waals surface area contributed by atoms with E-state index >= 15 is 0 Å². The second-order valence-corrected chi connectivity index (χ2v) is 18.9. The number of hydrogen-bond acceptors (Lipinski definition) is 8. The average molecular weight is 971 g/mol. The Morgan fingerprint density at radius 3 is 0.714 bits per heavy atom. The predicted octanol–water partition coefficient (Wildman–Crippen LogP) is 18.1. The summed E-state index contributed by atoms with van der Waals surface area (Å²) in [4.78, 5) is 0. The van der Waals surface area contributed by atoms with Crippen molar-refractivity contribution >= 4 is 24.3 Å². The molecule has 0 aromatic heterocycles. The Morgan fingerprint density at radius 1 is 0.271 bits per heavy atom. The molecule has 3 aromatic rings. The van der Waals surface area contributed by atoms with Crippen molar-refractivity contribution in [1.29, 1.82) is 0 Å². The smallest absolute Gasteiger partial charge is 0.127 e. The summed E-state index contributed by atoms with van der Waals surface area (Å²) < 4.78 is 50.9. The Bertz CT molecular complexity index is 1720. The summed E-state index contributed by atoms with van der Waals surface area (Å²) >= 11 is 0. The highest BCUT2D eigenvalue weighted by Gasteiger charge is 2.16. The number of unbranched alkanes of at least 4 members (excludes halogenated alkanes) is 18. The molecule has 0 N–H and O–H groups in total. The molecule has 0 saturated heterocycles. The molecule has 0 fully saturated rings. The Morgan fingerprint density at radius 2 is 0.486 bits per heavy atom. The Labute approximate surface area is 427 Å². The van der Waals surface area contributed by atoms with E-state index in [1.54, 1.807) is 14.2 Å². The molecule has 8 heteroatoms. The summed E-state index contributed by atoms with van der Waals surface area (Å²) in [6.45, 7) is 18.2. The standard InChI is InChI=1S/C62H98O8/c1-9-15-21-27-37-65-57-43-52(34-36-54-46-62(70-42-32-26-20-14-6)56(50-64-8)48-60(54)68-40-30-24-18-12-4)58(66-38-28-22-16-10-2)44-51(57)33-35-53-45-61(69-41-31-25-19-13-5)55(49-63-7)47-59(53)67-39-29-23-17-11-3/h33-36,43-48H,9-32,37-42,49-50H2,1-8H3/b35-33+,36-34+. The number of methoxy groups -OCH3 is 2. The van der Waals surface area contributed by atoms with Crippen LogP contribution in [-0.2, 0) is 22.7 Å². The lowest BCUT2D eigenvalue weighted by molar-refractivity contribution is 0.178. The fourth-order valence-electron chi connectivity index (χ4n) is 8.28. The zero-order chi connectivity index (χ0) is 50.3. The molecule has 3 rings (SSSR count). The van der Waals surface area contributed by atoms with Crippen LogP contribution in [0.1, 0.15) is 229 Å². The summed E-state index contributed by atoms with van der Waals surface area (Å²) in [6.07, 6.45) is 35.8. The van der Waals surface area contributed by atoms with Gasteiger partial charge in [-0.15, -0.1) is 0 Å². The van der Waals surface area contributed by atoms with Crippen molar-refractivity contribution in [2.75, 3.05) is 53.9 Å². The van der Waals surface area contributed by atoms with E-state index in [1.807, 2.05) is 0 Å². The van der Waals surface area contributed by atoms with E-state index in [2.05, 4.69) is 102 Å². The van der Waals surface area contributed by atoms with Gasteiger partial charge >= 0.3 is 0 Å². The van der Waals surface area contributed by atoms with E-state index < -0.39 is 0 Å². The van der Waals surface area contributed by atoms with Gasteiger partial charge in [0.15, 0.2) is 0 Å². The molecule has 70 heavy (non-hydrogen) atoms. The summed E-state index contributed by atoms with van der Waals surface area (Å²) in [5.41, 5.74) is 5.81. The molecule has 0 atom stereocenters. The first-order valence-corrected chi connectivity index (χ1v) is 28.1. The summed E-state index contributed by atoms with van der Waals surface area (Å²) in [7, 11) is 3.47. The fraction of sp³-hybridized carbons (Fsp3) is 0.645. The van der Waals surface area contributed by atoms with Crippen LogP contribution in [0.4, 0.5) is 0 Å². The third kappa shape index (κ3) is 24.3. The van der Waals surface area contributed by atoms with E-state index in [0.717, 1.165) is 145 Å². The minimum atomic E-state index is 0.446. The number of benzene rings is 3. The van der Waals surface area contributed by atoms with Gasteiger partial charge in [0.2, 0.25) is 0 Å². The minimum Gasteiger partial charge on any atom is -0.493 e. The minimum absolute atomic E-state index is 0.446. The van der Waals surface area contributed by atoms with Crippen LogP contribution in [0.5, 0.6) is 34.5 Å². The largest absolute Gasteiger partial charge is 0.493 e. The van der Waals surface area contributed by atoms with E-state index in [9.17, 15) is 0 Å². The van der Waals surface area contributed by atoms with Gasteiger partial charge in [0.25, 0.3) is 0 Å². The lowest BCUT2D eigenvalue weighted by Gasteiger charge is -2.18. The first kappa shape index (κ1) is 60.2. The van der Waals surface area contributed by atoms with Gasteiger partial charge in [-0.05, 0) is 74.9 Å². The second-order valence-electron chi connectivity index (χ2n) is 18.9. The molecular weight excluding hydrogens is 873 g/mol. The summed E-state index contributed by atoms with van der Waals surface area (Å²) in [5.74, 6) is 4.97. The molecule has 0 aliphatic carbocycles. The van der Waals surface area contributed by atoms with Crippen LogP contribution >= 0.6 is 0 Å². The fourth-order valence-corrected chi connectivity index (χ4v) is 8.28. The molecule has 0 aliphatic heterocycles. The van der Waals surface area contributed by atoms with Crippen molar-refractivity contribution in [3.63, 3.8) is 0 Å². The van der Waals surface area contributed by atoms with Gasteiger partial charge in [-0.1, -0.05) is 181 Å². The number of rotatable bonds is 44. The summed E-state index contributed by atoms with van der Waals surface area (Å²) in [5, 5.41) is 0. The Balaban J connectivity index is 2.21. The molecule has 0 bridgehead atoms. The molecular formula is C62H98O8. The molecule has 0 spiro atoms. The van der Waals surface area contributed by atoms with Gasteiger partial charge in [0, 0.05) is 47.6 Å². The highest BCUT2D eigenvalue weighted by molar-refractivity contribution is 5.81. The summed E-state index contributed by atoms with van der Waals surface area (Å²) in [6, 6.07) is 12.8. The lowest BCUT2D eigenvalue weighted by Crippen LogP contribution is -2.05. The highest BCUT2D eigenvalue weighted by Crippen LogP contribution is 2.37. The lowest BCUT2D eigenvalue weighted by atomic mass is 10.0. The molecule has 0 aliphatic rings. The molecule has 394 valence electrons. The first-order chi connectivity index (χ1) is 34.5. The van der Waals surface area contributed by atoms with Gasteiger partial charge in [-0.25, -0.2) is 0 Å². The number of ether oxygens (including phenoxy) is 8. The van der Waals surface area contributed by atoms with Crippen LogP contribution in [-0.4, -0.2) is 53.9 Å². The third-order valence-corrected chi connectivity index (χ3v) is 12.5. The highest BCUT2D eigenvalue weighted by atomic mass is 16.5. The van der Waals surface area contributed by atoms with Crippen molar-refractivity contribution in [1.82, 2.24) is 0 Å². The van der Waals surface area contributed by atoms with E-state index in [4.69, 9.17) is 37.9 Å². The van der Waals surface area contributed by atoms with Gasteiger partial charge < -0.3 is 37.9 Å². The van der Waals surface area contributed by atoms with Crippen molar-refractivity contribution in [2.24, 2.45) is 0 Å². The SMILES string of the molecule is CCCCCCOc1cc(/C=C/c2cc(OCCCCCC)c(COC)cc2OCCCCCC)c(OCCCCCC)cc1/C=C/c1cc(OCCCCCC)c(COC)cc1OCCCCCC. The van der Waals surface area contributed by atoms with Crippen LogP contribution in [0, 0.1) is 0 Å². The van der Waals surface area contributed by atoms with Crippen LogP contribution < -0.4 is 28.4 Å². The van der Waals surface area contributed by atoms with Crippen molar-refractivity contribution in [2.45, 2.75) is 209 Å². The molecule has 0 heterocycles. The van der Waals surface area contributed by atoms with Crippen molar-refractivity contribution in [3.8, 4) is 34.5 Å². The molecule has 0 radical (unpaired) electrons. The van der Waals surface area contributed by atoms with Gasteiger partial charge in [0.05, 0.1) is 52.9 Å². The topological polar surface area (TPSA) is 73.8 Å². The third-order valence-electron chi connectivity index (χ3n) is 12.5. The zero-order valence-electron chi connectivity index (χ0n) is 45.7. The van der Waals surface area contributed by atoms with Crippen LogP contribution in [0.3, 0.4) is 0 Å². The quantitative estimate of drug-likeness (QED) is 0.0410. The van der Waals surface area contributed by atoms with Crippen molar-refractivity contribution < 1.29 is 37.9 Å². The molecule has 0 amide bonds. The van der Waals surface area contributed by atoms with Crippen LogP contribution in [0.2, 0.25) is 0 Å². The van der Waals surface area contributed by atoms with Crippen LogP contribution in [0.25, 0.3) is 24.3 Å². The van der Waals surface area contributed by atoms with E-state index in [1.165, 1.54) is 77.0 Å². The maximum atomic E-state index is 6.74. The Kier molecular flexibility index (Phi) is 33.9. The van der Waals surface area contributed by atoms with Crippen molar-refractivity contribution in [3.05, 3.63) is 69.8 Å². The van der Waals surface area contributed by atoms with E-state index in [0.29, 0.717) is 52.9 Å². The van der Waals surface area contributed by atoms with Gasteiger partial charge in [0.1, 0.15) is 34.5 Å². The monoisotopic (exact) mass is 971 g/mol.